The van der Waals surface area contributed by atoms with Crippen molar-refractivity contribution in [3.8, 4) is 6.07 Å². The van der Waals surface area contributed by atoms with Crippen LogP contribution in [0.15, 0.2) is 66.7 Å². The van der Waals surface area contributed by atoms with Gasteiger partial charge in [0, 0.05) is 28.5 Å². The molecular weight excluding hydrogens is 410 g/mol. The van der Waals surface area contributed by atoms with Crippen LogP contribution in [0.1, 0.15) is 40.0 Å². The first kappa shape index (κ1) is 20.6. The van der Waals surface area contributed by atoms with Crippen LogP contribution < -0.4 is 9.80 Å². The summed E-state index contributed by atoms with van der Waals surface area (Å²) in [6.45, 7) is 2.55. The second-order valence-electron chi connectivity index (χ2n) is 7.45. The van der Waals surface area contributed by atoms with E-state index >= 15 is 0 Å². The third kappa shape index (κ3) is 4.03. The van der Waals surface area contributed by atoms with Crippen molar-refractivity contribution in [3.63, 3.8) is 0 Å². The molecule has 1 aliphatic heterocycles. The van der Waals surface area contributed by atoms with Gasteiger partial charge in [-0.1, -0.05) is 29.8 Å². The molecule has 3 aromatic rings. The van der Waals surface area contributed by atoms with Crippen LogP contribution in [-0.4, -0.2) is 18.9 Å². The molecule has 2 amide bonds. The number of carbonyl (C=O) groups excluding carboxylic acids is 2. The Hall–Kier alpha value is -3.62. The smallest absolute Gasteiger partial charge is 0.258 e. The molecule has 0 fully saturated rings. The van der Waals surface area contributed by atoms with E-state index in [0.717, 1.165) is 35.3 Å². The number of nitriles is 1. The lowest BCUT2D eigenvalue weighted by Crippen LogP contribution is -2.29. The number of anilines is 2. The highest BCUT2D eigenvalue weighted by molar-refractivity contribution is 6.30. The molecule has 154 valence electrons. The van der Waals surface area contributed by atoms with E-state index in [1.165, 1.54) is 0 Å². The number of nitrogens with zero attached hydrogens (tertiary/aromatic N) is 3. The van der Waals surface area contributed by atoms with Crippen LogP contribution in [0.25, 0.3) is 0 Å². The minimum atomic E-state index is -0.180. The van der Waals surface area contributed by atoms with E-state index in [4.69, 9.17) is 16.9 Å². The fourth-order valence-electron chi connectivity index (χ4n) is 3.92. The Bertz CT molecular complexity index is 1180. The van der Waals surface area contributed by atoms with Crippen LogP contribution in [0.4, 0.5) is 11.4 Å². The Labute approximate surface area is 186 Å². The molecule has 0 bridgehead atoms. The van der Waals surface area contributed by atoms with Gasteiger partial charge in [-0.25, -0.2) is 0 Å². The maximum atomic E-state index is 13.0. The van der Waals surface area contributed by atoms with Gasteiger partial charge in [-0.2, -0.15) is 5.26 Å². The standard InChI is InChI=1S/C25H20ClN3O2/c1-17(29(16-30)23-8-6-22(26)7-9-23)19-5-10-24-20(14-19)11-12-28(24)25(31)21-4-2-3-18(13-21)15-27/h2-10,13-14,16-17H,11-12H2,1H3/t17-/m1/s1. The molecule has 0 aromatic heterocycles. The molecule has 0 unspecified atom stereocenters. The van der Waals surface area contributed by atoms with Gasteiger partial charge in [0.1, 0.15) is 0 Å². The molecule has 5 nitrogen and oxygen atoms in total. The highest BCUT2D eigenvalue weighted by Crippen LogP contribution is 2.34. The highest BCUT2D eigenvalue weighted by Gasteiger charge is 2.27. The van der Waals surface area contributed by atoms with Crippen molar-refractivity contribution in [2.45, 2.75) is 19.4 Å². The first-order valence-corrected chi connectivity index (χ1v) is 10.3. The highest BCUT2D eigenvalue weighted by atomic mass is 35.5. The first-order valence-electron chi connectivity index (χ1n) is 9.96. The first-order chi connectivity index (χ1) is 15.0. The van der Waals surface area contributed by atoms with Gasteiger partial charge in [-0.05, 0) is 73.0 Å². The second kappa shape index (κ2) is 8.63. The van der Waals surface area contributed by atoms with Crippen LogP contribution in [0, 0.1) is 11.3 Å². The van der Waals surface area contributed by atoms with Gasteiger partial charge in [0.25, 0.3) is 5.91 Å². The Kier molecular flexibility index (Phi) is 5.75. The van der Waals surface area contributed by atoms with Crippen molar-refractivity contribution < 1.29 is 9.59 Å². The molecule has 0 aliphatic carbocycles. The summed E-state index contributed by atoms with van der Waals surface area (Å²) in [6, 6.07) is 21.7. The van der Waals surface area contributed by atoms with Crippen molar-refractivity contribution in [2.75, 3.05) is 16.3 Å². The van der Waals surface area contributed by atoms with Crippen LogP contribution >= 0.6 is 11.6 Å². The largest absolute Gasteiger partial charge is 0.308 e. The van der Waals surface area contributed by atoms with Crippen molar-refractivity contribution in [1.82, 2.24) is 0 Å². The van der Waals surface area contributed by atoms with Crippen LogP contribution in [0.3, 0.4) is 0 Å². The predicted molar refractivity (Wildman–Crippen MR) is 121 cm³/mol. The van der Waals surface area contributed by atoms with Gasteiger partial charge in [-0.15, -0.1) is 0 Å². The van der Waals surface area contributed by atoms with Gasteiger partial charge >= 0.3 is 0 Å². The molecule has 6 heteroatoms. The molecular formula is C25H20ClN3O2. The van der Waals surface area contributed by atoms with E-state index in [1.807, 2.05) is 31.2 Å². The average molecular weight is 430 g/mol. The SMILES string of the molecule is C[C@H](c1ccc2c(c1)CCN2C(=O)c1cccc(C#N)c1)N(C=O)c1ccc(Cl)cc1. The molecule has 0 spiro atoms. The van der Waals surface area contributed by atoms with Crippen molar-refractivity contribution in [2.24, 2.45) is 0 Å². The number of carbonyl (C=O) groups is 2. The zero-order valence-electron chi connectivity index (χ0n) is 17.0. The molecule has 0 radical (unpaired) electrons. The fourth-order valence-corrected chi connectivity index (χ4v) is 4.05. The zero-order chi connectivity index (χ0) is 22.0. The Morgan fingerprint density at radius 2 is 1.94 bits per heavy atom. The summed E-state index contributed by atoms with van der Waals surface area (Å²) in [7, 11) is 0. The van der Waals surface area contributed by atoms with Crippen LogP contribution in [0.2, 0.25) is 5.02 Å². The van der Waals surface area contributed by atoms with Gasteiger partial charge in [0.05, 0.1) is 17.7 Å². The van der Waals surface area contributed by atoms with Gasteiger partial charge in [-0.3, -0.25) is 9.59 Å². The molecule has 1 atom stereocenters. The maximum Gasteiger partial charge on any atom is 0.258 e. The number of hydrogen-bond acceptors (Lipinski definition) is 3. The zero-order valence-corrected chi connectivity index (χ0v) is 17.7. The third-order valence-corrected chi connectivity index (χ3v) is 5.87. The number of halogens is 1. The number of amides is 2. The maximum absolute atomic E-state index is 13.0. The number of rotatable bonds is 5. The molecule has 1 aliphatic rings. The quantitative estimate of drug-likeness (QED) is 0.527. The number of hydrogen-bond donors (Lipinski definition) is 0. The van der Waals surface area contributed by atoms with E-state index in [1.54, 1.807) is 46.2 Å². The summed E-state index contributed by atoms with van der Waals surface area (Å²) < 4.78 is 0. The minimum absolute atomic E-state index is 0.118. The molecule has 0 saturated heterocycles. The van der Waals surface area contributed by atoms with Crippen molar-refractivity contribution in [3.05, 3.63) is 94.0 Å². The van der Waals surface area contributed by atoms with E-state index in [-0.39, 0.29) is 11.9 Å². The van der Waals surface area contributed by atoms with Crippen molar-refractivity contribution in [1.29, 1.82) is 5.26 Å². The van der Waals surface area contributed by atoms with E-state index in [2.05, 4.69) is 12.1 Å². The lowest BCUT2D eigenvalue weighted by molar-refractivity contribution is -0.107. The second-order valence-corrected chi connectivity index (χ2v) is 7.89. The summed E-state index contributed by atoms with van der Waals surface area (Å²) in [4.78, 5) is 28.2. The molecule has 3 aromatic carbocycles. The summed E-state index contributed by atoms with van der Waals surface area (Å²) in [5.74, 6) is -0.118. The molecule has 31 heavy (non-hydrogen) atoms. The van der Waals surface area contributed by atoms with Crippen LogP contribution in [0.5, 0.6) is 0 Å². The molecule has 0 N–H and O–H groups in total. The summed E-state index contributed by atoms with van der Waals surface area (Å²) >= 11 is 5.97. The predicted octanol–water partition coefficient (Wildman–Crippen LogP) is 5.14. The number of fused-ring (bicyclic) bond motifs is 1. The van der Waals surface area contributed by atoms with Gasteiger partial charge in [0.15, 0.2) is 0 Å². The summed E-state index contributed by atoms with van der Waals surface area (Å²) in [6.07, 6.45) is 1.56. The van der Waals surface area contributed by atoms with Gasteiger partial charge in [0.2, 0.25) is 6.41 Å². The summed E-state index contributed by atoms with van der Waals surface area (Å²) in [5.41, 5.74) is 4.65. The Morgan fingerprint density at radius 1 is 1.16 bits per heavy atom. The monoisotopic (exact) mass is 429 g/mol. The fraction of sp³-hybridized carbons (Fsp3) is 0.160. The molecule has 0 saturated carbocycles. The Morgan fingerprint density at radius 3 is 2.65 bits per heavy atom. The number of benzene rings is 3. The molecule has 4 rings (SSSR count). The topological polar surface area (TPSA) is 64.4 Å². The van der Waals surface area contributed by atoms with Crippen molar-refractivity contribution >= 4 is 35.3 Å². The third-order valence-electron chi connectivity index (χ3n) is 5.62. The average Bonchev–Trinajstić information content (AvgIpc) is 3.23. The van der Waals surface area contributed by atoms with E-state index in [0.29, 0.717) is 22.7 Å². The lowest BCUT2D eigenvalue weighted by atomic mass is 10.0. The Balaban J connectivity index is 1.59. The van der Waals surface area contributed by atoms with E-state index in [9.17, 15) is 9.59 Å². The minimum Gasteiger partial charge on any atom is -0.308 e. The van der Waals surface area contributed by atoms with Crippen LogP contribution in [-0.2, 0) is 11.2 Å². The lowest BCUT2D eigenvalue weighted by Gasteiger charge is -2.26. The van der Waals surface area contributed by atoms with Gasteiger partial charge < -0.3 is 9.80 Å². The van der Waals surface area contributed by atoms with E-state index < -0.39 is 0 Å². The normalized spacial score (nSPS) is 13.3. The summed E-state index contributed by atoms with van der Waals surface area (Å²) in [5, 5.41) is 9.72. The molecule has 1 heterocycles.